The Labute approximate surface area is 73.0 Å². The van der Waals surface area contributed by atoms with Gasteiger partial charge in [0.05, 0.1) is 0 Å². The molecule has 0 bridgehead atoms. The Morgan fingerprint density at radius 2 is 2.18 bits per heavy atom. The van der Waals surface area contributed by atoms with Crippen molar-refractivity contribution in [1.29, 1.82) is 0 Å². The SMILES string of the molecule is O=Cc1ccc(C=CCBr)o1. The predicted molar refractivity (Wildman–Crippen MR) is 46.9 cm³/mol. The topological polar surface area (TPSA) is 30.2 Å². The average molecular weight is 215 g/mol. The second kappa shape index (κ2) is 4.13. The molecule has 58 valence electrons. The van der Waals surface area contributed by atoms with Gasteiger partial charge in [0.2, 0.25) is 0 Å². The monoisotopic (exact) mass is 214 g/mol. The molecule has 0 unspecified atom stereocenters. The van der Waals surface area contributed by atoms with Gasteiger partial charge in [0, 0.05) is 5.33 Å². The summed E-state index contributed by atoms with van der Waals surface area (Å²) in [6.07, 6.45) is 4.39. The van der Waals surface area contributed by atoms with Crippen molar-refractivity contribution in [3.63, 3.8) is 0 Å². The predicted octanol–water partition coefficient (Wildman–Crippen LogP) is 2.50. The van der Waals surface area contributed by atoms with Crippen molar-refractivity contribution >= 4 is 28.3 Å². The van der Waals surface area contributed by atoms with E-state index in [4.69, 9.17) is 4.42 Å². The largest absolute Gasteiger partial charge is 0.454 e. The Bertz CT molecular complexity index is 263. The van der Waals surface area contributed by atoms with Crippen molar-refractivity contribution in [3.8, 4) is 0 Å². The molecule has 0 aromatic carbocycles. The molecule has 1 aromatic heterocycles. The van der Waals surface area contributed by atoms with E-state index >= 15 is 0 Å². The van der Waals surface area contributed by atoms with Gasteiger partial charge in [-0.05, 0) is 18.2 Å². The maximum absolute atomic E-state index is 10.2. The molecule has 11 heavy (non-hydrogen) atoms. The quantitative estimate of drug-likeness (QED) is 0.572. The summed E-state index contributed by atoms with van der Waals surface area (Å²) in [5.41, 5.74) is 0. The molecule has 0 radical (unpaired) electrons. The van der Waals surface area contributed by atoms with Crippen LogP contribution in [-0.4, -0.2) is 11.6 Å². The molecule has 0 N–H and O–H groups in total. The lowest BCUT2D eigenvalue weighted by atomic mass is 10.4. The molecule has 0 aliphatic carbocycles. The fourth-order valence-electron chi connectivity index (χ4n) is 0.682. The summed E-state index contributed by atoms with van der Waals surface area (Å²) in [7, 11) is 0. The molecule has 0 amide bonds. The molecule has 3 heteroatoms. The van der Waals surface area contributed by atoms with Crippen molar-refractivity contribution in [2.45, 2.75) is 0 Å². The number of alkyl halides is 1. The average Bonchev–Trinajstić information content (AvgIpc) is 2.48. The zero-order chi connectivity index (χ0) is 8.10. The second-order valence-corrected chi connectivity index (χ2v) is 2.56. The molecular formula is C8H7BrO2. The van der Waals surface area contributed by atoms with E-state index in [-0.39, 0.29) is 0 Å². The molecular weight excluding hydrogens is 208 g/mol. The lowest BCUT2D eigenvalue weighted by Gasteiger charge is -1.81. The van der Waals surface area contributed by atoms with Crippen LogP contribution in [0.3, 0.4) is 0 Å². The first-order valence-corrected chi connectivity index (χ1v) is 4.26. The maximum atomic E-state index is 10.2. The molecule has 1 heterocycles. The molecule has 1 rings (SSSR count). The number of hydrogen-bond donors (Lipinski definition) is 0. The van der Waals surface area contributed by atoms with E-state index in [9.17, 15) is 4.79 Å². The Morgan fingerprint density at radius 3 is 2.73 bits per heavy atom. The highest BCUT2D eigenvalue weighted by Gasteiger charge is 1.94. The molecule has 0 aliphatic rings. The molecule has 0 saturated heterocycles. The van der Waals surface area contributed by atoms with Gasteiger partial charge in [0.15, 0.2) is 12.0 Å². The van der Waals surface area contributed by atoms with E-state index in [1.165, 1.54) is 0 Å². The van der Waals surface area contributed by atoms with Crippen LogP contribution in [-0.2, 0) is 0 Å². The van der Waals surface area contributed by atoms with E-state index < -0.39 is 0 Å². The third-order valence-electron chi connectivity index (χ3n) is 1.13. The van der Waals surface area contributed by atoms with Gasteiger partial charge in [-0.3, -0.25) is 4.79 Å². The molecule has 2 nitrogen and oxygen atoms in total. The molecule has 0 aliphatic heterocycles. The van der Waals surface area contributed by atoms with E-state index in [2.05, 4.69) is 15.9 Å². The van der Waals surface area contributed by atoms with Crippen LogP contribution in [0.5, 0.6) is 0 Å². The fraction of sp³-hybridized carbons (Fsp3) is 0.125. The summed E-state index contributed by atoms with van der Waals surface area (Å²) in [6, 6.07) is 3.39. The fourth-order valence-corrected chi connectivity index (χ4v) is 0.869. The van der Waals surface area contributed by atoms with Crippen LogP contribution in [0.1, 0.15) is 16.3 Å². The Morgan fingerprint density at radius 1 is 1.45 bits per heavy atom. The number of furan rings is 1. The normalized spacial score (nSPS) is 10.6. The summed E-state index contributed by atoms with van der Waals surface area (Å²) in [4.78, 5) is 10.2. The van der Waals surface area contributed by atoms with Gasteiger partial charge in [-0.2, -0.15) is 0 Å². The van der Waals surface area contributed by atoms with Crippen molar-refractivity contribution in [1.82, 2.24) is 0 Å². The highest BCUT2D eigenvalue weighted by Crippen LogP contribution is 2.07. The van der Waals surface area contributed by atoms with Gasteiger partial charge < -0.3 is 4.42 Å². The number of hydrogen-bond acceptors (Lipinski definition) is 2. The zero-order valence-electron chi connectivity index (χ0n) is 5.79. The standard InChI is InChI=1S/C8H7BrO2/c9-5-1-2-7-3-4-8(6-10)11-7/h1-4,6H,5H2. The number of halogens is 1. The molecule has 0 atom stereocenters. The van der Waals surface area contributed by atoms with Crippen LogP contribution in [0.25, 0.3) is 6.08 Å². The van der Waals surface area contributed by atoms with E-state index in [1.807, 2.05) is 12.2 Å². The van der Waals surface area contributed by atoms with Crippen molar-refractivity contribution in [2.24, 2.45) is 0 Å². The maximum Gasteiger partial charge on any atom is 0.185 e. The first-order chi connectivity index (χ1) is 5.36. The van der Waals surface area contributed by atoms with Gasteiger partial charge in [0.1, 0.15) is 5.76 Å². The third-order valence-corrected chi connectivity index (χ3v) is 1.51. The molecule has 1 aromatic rings. The summed E-state index contributed by atoms with van der Waals surface area (Å²) in [5, 5.41) is 0.782. The zero-order valence-corrected chi connectivity index (χ0v) is 7.37. The highest BCUT2D eigenvalue weighted by molar-refractivity contribution is 9.09. The van der Waals surface area contributed by atoms with E-state index in [0.717, 1.165) is 5.33 Å². The Kier molecular flexibility index (Phi) is 3.11. The number of carbonyl (C=O) groups is 1. The van der Waals surface area contributed by atoms with Crippen molar-refractivity contribution < 1.29 is 9.21 Å². The summed E-state index contributed by atoms with van der Waals surface area (Å²) in [5.74, 6) is 1.06. The Hall–Kier alpha value is -0.830. The lowest BCUT2D eigenvalue weighted by Crippen LogP contribution is -1.67. The Balaban J connectivity index is 2.72. The molecule has 0 fully saturated rings. The van der Waals surface area contributed by atoms with E-state index in [1.54, 1.807) is 12.1 Å². The van der Waals surface area contributed by atoms with Gasteiger partial charge >= 0.3 is 0 Å². The van der Waals surface area contributed by atoms with Gasteiger partial charge in [-0.1, -0.05) is 22.0 Å². The van der Waals surface area contributed by atoms with Crippen LogP contribution in [0.2, 0.25) is 0 Å². The van der Waals surface area contributed by atoms with Crippen LogP contribution in [0.4, 0.5) is 0 Å². The minimum Gasteiger partial charge on any atom is -0.454 e. The third kappa shape index (κ3) is 2.35. The van der Waals surface area contributed by atoms with Crippen LogP contribution >= 0.6 is 15.9 Å². The first kappa shape index (κ1) is 8.27. The molecule has 0 saturated carbocycles. The lowest BCUT2D eigenvalue weighted by molar-refractivity contribution is 0.110. The number of rotatable bonds is 3. The van der Waals surface area contributed by atoms with Gasteiger partial charge in [-0.15, -0.1) is 0 Å². The van der Waals surface area contributed by atoms with Crippen LogP contribution < -0.4 is 0 Å². The molecule has 0 spiro atoms. The first-order valence-electron chi connectivity index (χ1n) is 3.14. The summed E-state index contributed by atoms with van der Waals surface area (Å²) >= 11 is 3.23. The summed E-state index contributed by atoms with van der Waals surface area (Å²) < 4.78 is 5.06. The highest BCUT2D eigenvalue weighted by atomic mass is 79.9. The van der Waals surface area contributed by atoms with Crippen LogP contribution in [0.15, 0.2) is 22.6 Å². The van der Waals surface area contributed by atoms with E-state index in [0.29, 0.717) is 17.8 Å². The van der Waals surface area contributed by atoms with Crippen molar-refractivity contribution in [3.05, 3.63) is 29.7 Å². The number of aldehydes is 1. The summed E-state index contributed by atoms with van der Waals surface area (Å²) in [6.45, 7) is 0. The van der Waals surface area contributed by atoms with Gasteiger partial charge in [-0.25, -0.2) is 0 Å². The number of allylic oxidation sites excluding steroid dienone is 1. The van der Waals surface area contributed by atoms with Crippen molar-refractivity contribution in [2.75, 3.05) is 5.33 Å². The second-order valence-electron chi connectivity index (χ2n) is 1.91. The minimum atomic E-state index is 0.360. The minimum absolute atomic E-state index is 0.360. The number of carbonyl (C=O) groups excluding carboxylic acids is 1. The van der Waals surface area contributed by atoms with Crippen LogP contribution in [0, 0.1) is 0 Å². The van der Waals surface area contributed by atoms with Gasteiger partial charge in [0.25, 0.3) is 0 Å². The smallest absolute Gasteiger partial charge is 0.185 e.